The van der Waals surface area contributed by atoms with Crippen LogP contribution in [0.15, 0.2) is 18.2 Å². The van der Waals surface area contributed by atoms with Crippen molar-refractivity contribution < 1.29 is 14.5 Å². The molecule has 0 aromatic heterocycles. The third kappa shape index (κ3) is 3.33. The van der Waals surface area contributed by atoms with E-state index < -0.39 is 4.92 Å². The molecule has 6 heteroatoms. The topological polar surface area (TPSA) is 81.5 Å². The summed E-state index contributed by atoms with van der Waals surface area (Å²) >= 11 is 0. The molecular formula is C14H18N2O4. The normalized spacial score (nSPS) is 15.7. The number of methoxy groups -OCH3 is 1. The quantitative estimate of drug-likeness (QED) is 0.449. The zero-order chi connectivity index (χ0) is 14.6. The predicted octanol–water partition coefficient (Wildman–Crippen LogP) is 2.64. The number of nitro benzene ring substituents is 1. The number of nitrogens with one attached hydrogen (secondary N) is 1. The lowest BCUT2D eigenvalue weighted by Crippen LogP contribution is -2.17. The summed E-state index contributed by atoms with van der Waals surface area (Å²) in [5, 5.41) is 14.2. The van der Waals surface area contributed by atoms with E-state index in [4.69, 9.17) is 4.74 Å². The van der Waals surface area contributed by atoms with Crippen LogP contribution in [0.3, 0.4) is 0 Å². The molecule has 0 unspecified atom stereocenters. The fourth-order valence-corrected chi connectivity index (χ4v) is 2.22. The molecule has 0 heterocycles. The number of aldehydes is 1. The number of hydrogen-bond acceptors (Lipinski definition) is 5. The summed E-state index contributed by atoms with van der Waals surface area (Å²) in [5.41, 5.74) is 0.914. The maximum Gasteiger partial charge on any atom is 0.293 e. The fraction of sp³-hybridized carbons (Fsp3) is 0.500. The van der Waals surface area contributed by atoms with Crippen LogP contribution in [0.2, 0.25) is 0 Å². The fourth-order valence-electron chi connectivity index (χ4n) is 2.22. The van der Waals surface area contributed by atoms with Crippen molar-refractivity contribution in [2.75, 3.05) is 25.6 Å². The van der Waals surface area contributed by atoms with Gasteiger partial charge >= 0.3 is 0 Å². The zero-order valence-electron chi connectivity index (χ0n) is 11.4. The number of ether oxygens (including phenoxy) is 1. The molecule has 0 amide bonds. The van der Waals surface area contributed by atoms with E-state index >= 15 is 0 Å². The van der Waals surface area contributed by atoms with Crippen molar-refractivity contribution in [2.24, 2.45) is 5.41 Å². The number of nitro groups is 1. The van der Waals surface area contributed by atoms with E-state index in [1.807, 2.05) is 0 Å². The van der Waals surface area contributed by atoms with Gasteiger partial charge in [0.1, 0.15) is 12.0 Å². The Morgan fingerprint density at radius 1 is 1.50 bits per heavy atom. The predicted molar refractivity (Wildman–Crippen MR) is 75.1 cm³/mol. The van der Waals surface area contributed by atoms with E-state index in [-0.39, 0.29) is 11.1 Å². The summed E-state index contributed by atoms with van der Waals surface area (Å²) in [7, 11) is 1.67. The van der Waals surface area contributed by atoms with Crippen LogP contribution in [-0.4, -0.2) is 31.5 Å². The van der Waals surface area contributed by atoms with Crippen molar-refractivity contribution in [3.63, 3.8) is 0 Å². The Morgan fingerprint density at radius 2 is 2.25 bits per heavy atom. The Morgan fingerprint density at radius 3 is 2.80 bits per heavy atom. The molecule has 0 radical (unpaired) electrons. The first kappa shape index (κ1) is 14.5. The van der Waals surface area contributed by atoms with Crippen LogP contribution < -0.4 is 5.32 Å². The molecule has 1 fully saturated rings. The third-order valence-electron chi connectivity index (χ3n) is 3.80. The SMILES string of the molecule is COCCC1(CNc2ccc(C=O)cc2[N+](=O)[O-])CC1. The summed E-state index contributed by atoms with van der Waals surface area (Å²) in [6.07, 6.45) is 3.79. The van der Waals surface area contributed by atoms with E-state index in [9.17, 15) is 14.9 Å². The molecule has 1 aromatic carbocycles. The average Bonchev–Trinajstić information content (AvgIpc) is 3.23. The highest BCUT2D eigenvalue weighted by atomic mass is 16.6. The lowest BCUT2D eigenvalue weighted by Gasteiger charge is -2.16. The molecule has 0 bridgehead atoms. The van der Waals surface area contributed by atoms with Gasteiger partial charge in [0.2, 0.25) is 0 Å². The zero-order valence-corrected chi connectivity index (χ0v) is 11.4. The number of carbonyl (C=O) groups is 1. The van der Waals surface area contributed by atoms with Crippen LogP contribution in [0.4, 0.5) is 11.4 Å². The first-order valence-electron chi connectivity index (χ1n) is 6.57. The first-order valence-corrected chi connectivity index (χ1v) is 6.57. The van der Waals surface area contributed by atoms with E-state index in [0.29, 0.717) is 30.7 Å². The summed E-state index contributed by atoms with van der Waals surface area (Å²) in [6, 6.07) is 4.47. The van der Waals surface area contributed by atoms with Crippen LogP contribution in [0, 0.1) is 15.5 Å². The van der Waals surface area contributed by atoms with Gasteiger partial charge in [0.25, 0.3) is 5.69 Å². The molecule has 0 aliphatic heterocycles. The monoisotopic (exact) mass is 278 g/mol. The van der Waals surface area contributed by atoms with Crippen molar-refractivity contribution in [3.05, 3.63) is 33.9 Å². The minimum absolute atomic E-state index is 0.0582. The van der Waals surface area contributed by atoms with Crippen LogP contribution in [-0.2, 0) is 4.74 Å². The Labute approximate surface area is 117 Å². The van der Waals surface area contributed by atoms with Crippen molar-refractivity contribution in [1.29, 1.82) is 0 Å². The molecule has 0 atom stereocenters. The molecule has 108 valence electrons. The molecular weight excluding hydrogens is 260 g/mol. The number of benzene rings is 1. The minimum atomic E-state index is -0.468. The maximum atomic E-state index is 11.0. The highest BCUT2D eigenvalue weighted by Gasteiger charge is 2.42. The van der Waals surface area contributed by atoms with Crippen LogP contribution in [0.1, 0.15) is 29.6 Å². The number of rotatable bonds is 8. The Kier molecular flexibility index (Phi) is 4.34. The van der Waals surface area contributed by atoms with Gasteiger partial charge in [-0.3, -0.25) is 14.9 Å². The number of anilines is 1. The molecule has 1 N–H and O–H groups in total. The minimum Gasteiger partial charge on any atom is -0.385 e. The second-order valence-electron chi connectivity index (χ2n) is 5.25. The Bertz CT molecular complexity index is 512. The molecule has 1 saturated carbocycles. The molecule has 0 spiro atoms. The summed E-state index contributed by atoms with van der Waals surface area (Å²) in [4.78, 5) is 21.2. The molecule has 1 aromatic rings. The standard InChI is InChI=1S/C14H18N2O4/c1-20-7-6-14(4-5-14)10-15-12-3-2-11(9-17)8-13(12)16(18)19/h2-3,8-9,15H,4-7,10H2,1H3. The Hall–Kier alpha value is -1.95. The smallest absolute Gasteiger partial charge is 0.293 e. The summed E-state index contributed by atoms with van der Waals surface area (Å²) in [6.45, 7) is 1.39. The lowest BCUT2D eigenvalue weighted by atomic mass is 10.0. The first-order chi connectivity index (χ1) is 9.60. The van der Waals surface area contributed by atoms with Gasteiger partial charge in [0.15, 0.2) is 0 Å². The average molecular weight is 278 g/mol. The summed E-state index contributed by atoms with van der Waals surface area (Å²) in [5.74, 6) is 0. The van der Waals surface area contributed by atoms with Gasteiger partial charge in [-0.1, -0.05) is 0 Å². The largest absolute Gasteiger partial charge is 0.385 e. The van der Waals surface area contributed by atoms with Gasteiger partial charge in [-0.15, -0.1) is 0 Å². The van der Waals surface area contributed by atoms with Gasteiger partial charge in [-0.05, 0) is 36.8 Å². The number of hydrogen-bond donors (Lipinski definition) is 1. The number of nitrogens with zero attached hydrogens (tertiary/aromatic N) is 1. The van der Waals surface area contributed by atoms with Gasteiger partial charge in [0, 0.05) is 31.9 Å². The second kappa shape index (κ2) is 6.00. The maximum absolute atomic E-state index is 11.0. The lowest BCUT2D eigenvalue weighted by molar-refractivity contribution is -0.384. The van der Waals surface area contributed by atoms with Crippen LogP contribution in [0.5, 0.6) is 0 Å². The van der Waals surface area contributed by atoms with E-state index in [0.717, 1.165) is 19.3 Å². The highest BCUT2D eigenvalue weighted by Crippen LogP contribution is 2.49. The van der Waals surface area contributed by atoms with E-state index in [1.165, 1.54) is 6.07 Å². The van der Waals surface area contributed by atoms with Crippen molar-refractivity contribution >= 4 is 17.7 Å². The van der Waals surface area contributed by atoms with Gasteiger partial charge in [-0.2, -0.15) is 0 Å². The van der Waals surface area contributed by atoms with Crippen molar-refractivity contribution in [2.45, 2.75) is 19.3 Å². The van der Waals surface area contributed by atoms with Crippen LogP contribution >= 0.6 is 0 Å². The molecule has 0 saturated heterocycles. The van der Waals surface area contributed by atoms with E-state index in [2.05, 4.69) is 5.32 Å². The highest BCUT2D eigenvalue weighted by molar-refractivity contribution is 5.79. The molecule has 2 rings (SSSR count). The van der Waals surface area contributed by atoms with Crippen molar-refractivity contribution in [1.82, 2.24) is 0 Å². The van der Waals surface area contributed by atoms with Crippen molar-refractivity contribution in [3.8, 4) is 0 Å². The molecule has 1 aliphatic carbocycles. The Balaban J connectivity index is 2.06. The third-order valence-corrected chi connectivity index (χ3v) is 3.80. The van der Waals surface area contributed by atoms with Gasteiger partial charge < -0.3 is 10.1 Å². The van der Waals surface area contributed by atoms with E-state index in [1.54, 1.807) is 19.2 Å². The van der Waals surface area contributed by atoms with Gasteiger partial charge in [-0.25, -0.2) is 0 Å². The molecule has 6 nitrogen and oxygen atoms in total. The van der Waals surface area contributed by atoms with Crippen LogP contribution in [0.25, 0.3) is 0 Å². The van der Waals surface area contributed by atoms with Gasteiger partial charge in [0.05, 0.1) is 4.92 Å². The second-order valence-corrected chi connectivity index (χ2v) is 5.25. The number of carbonyl (C=O) groups excluding carboxylic acids is 1. The molecule has 1 aliphatic rings. The summed E-state index contributed by atoms with van der Waals surface area (Å²) < 4.78 is 5.09. The molecule has 20 heavy (non-hydrogen) atoms.